The van der Waals surface area contributed by atoms with Crippen molar-refractivity contribution in [2.75, 3.05) is 6.61 Å². The summed E-state index contributed by atoms with van der Waals surface area (Å²) in [6, 6.07) is 0. The predicted molar refractivity (Wildman–Crippen MR) is 126 cm³/mol. The van der Waals surface area contributed by atoms with Crippen LogP contribution in [-0.4, -0.2) is 35.4 Å². The van der Waals surface area contributed by atoms with Crippen LogP contribution in [0, 0.1) is 29.6 Å². The van der Waals surface area contributed by atoms with E-state index in [1.54, 1.807) is 0 Å². The second-order valence-corrected chi connectivity index (χ2v) is 9.34. The number of ether oxygens (including phenoxy) is 2. The van der Waals surface area contributed by atoms with Crippen LogP contribution in [0.15, 0.2) is 24.3 Å². The van der Waals surface area contributed by atoms with Crippen LogP contribution in [0.1, 0.15) is 85.0 Å². The number of carbonyl (C=O) groups excluding carboxylic acids is 1. The summed E-state index contributed by atoms with van der Waals surface area (Å²) in [5.41, 5.74) is -0.478. The summed E-state index contributed by atoms with van der Waals surface area (Å²) in [6.07, 6.45) is 15.7. The number of hydrogen-bond donors (Lipinski definition) is 1. The van der Waals surface area contributed by atoms with E-state index in [9.17, 15) is 9.59 Å². The van der Waals surface area contributed by atoms with Crippen LogP contribution in [0.3, 0.4) is 0 Å². The van der Waals surface area contributed by atoms with E-state index in [-0.39, 0.29) is 24.5 Å². The third-order valence-corrected chi connectivity index (χ3v) is 6.51. The van der Waals surface area contributed by atoms with Crippen LogP contribution < -0.4 is 0 Å². The highest BCUT2D eigenvalue weighted by Gasteiger charge is 2.38. The van der Waals surface area contributed by atoms with Gasteiger partial charge in [0.05, 0.1) is 5.60 Å². The smallest absolute Gasteiger partial charge is 0.303 e. The Morgan fingerprint density at radius 3 is 2.84 bits per heavy atom. The van der Waals surface area contributed by atoms with Gasteiger partial charge in [0.1, 0.15) is 5.78 Å². The molecule has 2 aliphatic rings. The molecule has 1 N–H and O–H groups in total. The van der Waals surface area contributed by atoms with Crippen molar-refractivity contribution in [2.24, 2.45) is 17.8 Å². The summed E-state index contributed by atoms with van der Waals surface area (Å²) in [5, 5.41) is 8.74. The number of carboxylic acid groups (broad SMARTS) is 1. The van der Waals surface area contributed by atoms with Gasteiger partial charge in [-0.1, -0.05) is 31.2 Å². The molecule has 1 saturated carbocycles. The minimum atomic E-state index is -0.766. The van der Waals surface area contributed by atoms with Crippen molar-refractivity contribution in [2.45, 2.75) is 96.9 Å². The summed E-state index contributed by atoms with van der Waals surface area (Å²) in [4.78, 5) is 23.3. The van der Waals surface area contributed by atoms with E-state index < -0.39 is 11.6 Å². The lowest BCUT2D eigenvalue weighted by atomic mass is 9.85. The van der Waals surface area contributed by atoms with Crippen LogP contribution in [0.2, 0.25) is 0 Å². The Balaban J connectivity index is 2.03. The third-order valence-electron chi connectivity index (χ3n) is 6.51. The largest absolute Gasteiger partial charge is 0.481 e. The topological polar surface area (TPSA) is 72.8 Å². The zero-order valence-electron chi connectivity index (χ0n) is 20.0. The Bertz CT molecular complexity index is 722. The van der Waals surface area contributed by atoms with Gasteiger partial charge < -0.3 is 14.6 Å². The van der Waals surface area contributed by atoms with Gasteiger partial charge in [-0.05, 0) is 70.6 Å². The van der Waals surface area contributed by atoms with Crippen molar-refractivity contribution in [3.8, 4) is 11.8 Å². The molecule has 0 spiro atoms. The van der Waals surface area contributed by atoms with Crippen molar-refractivity contribution in [3.05, 3.63) is 24.3 Å². The maximum absolute atomic E-state index is 12.6. The fraction of sp³-hybridized carbons (Fsp3) is 0.704. The van der Waals surface area contributed by atoms with Gasteiger partial charge >= 0.3 is 5.97 Å². The van der Waals surface area contributed by atoms with Crippen LogP contribution in [-0.2, 0) is 19.1 Å². The van der Waals surface area contributed by atoms with Gasteiger partial charge in [-0.3, -0.25) is 9.59 Å². The van der Waals surface area contributed by atoms with Crippen molar-refractivity contribution in [1.82, 2.24) is 0 Å². The van der Waals surface area contributed by atoms with Crippen LogP contribution in [0.4, 0.5) is 0 Å². The van der Waals surface area contributed by atoms with Gasteiger partial charge in [-0.25, -0.2) is 0 Å². The molecule has 2 unspecified atom stereocenters. The van der Waals surface area contributed by atoms with Gasteiger partial charge in [0.2, 0.25) is 0 Å². The second-order valence-electron chi connectivity index (χ2n) is 9.34. The fourth-order valence-electron chi connectivity index (χ4n) is 4.60. The zero-order valence-corrected chi connectivity index (χ0v) is 20.0. The van der Waals surface area contributed by atoms with E-state index in [0.29, 0.717) is 31.0 Å². The Labute approximate surface area is 193 Å². The molecule has 5 nitrogen and oxygen atoms in total. The van der Waals surface area contributed by atoms with Gasteiger partial charge in [-0.15, -0.1) is 11.8 Å². The fourth-order valence-corrected chi connectivity index (χ4v) is 4.60. The standard InChI is InChI=1S/C27H40O5/c1-4-5-11-17-27(3,32-26-15-10-12-19-31-26)18-16-22-21(2)20-24(28)23(22)13-8-6-7-9-14-25(29)30/h6,8,16,18,21-23,26H,7,9-15,17,19-20H2,1-3H3,(H,29,30)/t21-,22+,23-,26?,27?/m1/s1. The number of ketones is 1. The molecule has 1 aliphatic heterocycles. The molecular weight excluding hydrogens is 404 g/mol. The number of hydrogen-bond acceptors (Lipinski definition) is 4. The molecule has 1 saturated heterocycles. The summed E-state index contributed by atoms with van der Waals surface area (Å²) < 4.78 is 12.2. The molecule has 0 aromatic carbocycles. The van der Waals surface area contributed by atoms with Crippen molar-refractivity contribution in [1.29, 1.82) is 0 Å². The van der Waals surface area contributed by atoms with E-state index in [4.69, 9.17) is 14.6 Å². The maximum Gasteiger partial charge on any atom is 0.303 e. The first-order chi connectivity index (χ1) is 15.3. The molecule has 2 rings (SSSR count). The Morgan fingerprint density at radius 1 is 1.34 bits per heavy atom. The van der Waals surface area contributed by atoms with Crippen LogP contribution >= 0.6 is 0 Å². The summed E-state index contributed by atoms with van der Waals surface area (Å²) in [7, 11) is 0. The second kappa shape index (κ2) is 13.6. The summed E-state index contributed by atoms with van der Waals surface area (Å²) >= 11 is 0. The van der Waals surface area contributed by atoms with E-state index in [1.165, 1.54) is 0 Å². The first-order valence-corrected chi connectivity index (χ1v) is 12.1. The van der Waals surface area contributed by atoms with Gasteiger partial charge in [0.15, 0.2) is 6.29 Å². The number of allylic oxidation sites excluding steroid dienone is 3. The Morgan fingerprint density at radius 2 is 2.16 bits per heavy atom. The molecule has 5 atom stereocenters. The third kappa shape index (κ3) is 8.92. The molecule has 178 valence electrons. The molecule has 1 heterocycles. The molecule has 32 heavy (non-hydrogen) atoms. The molecule has 0 radical (unpaired) electrons. The van der Waals surface area contributed by atoms with Gasteiger partial charge in [0.25, 0.3) is 0 Å². The number of rotatable bonds is 12. The van der Waals surface area contributed by atoms with E-state index in [1.807, 2.05) is 19.1 Å². The quantitative estimate of drug-likeness (QED) is 0.238. The lowest BCUT2D eigenvalue weighted by Gasteiger charge is -2.34. The SMILES string of the molecule is CC#CCCC(C)(C=C[C@H]1[C@H](C)CC(=O)[C@@H]1CC=CCCCC(=O)O)OC1CCCCO1. The van der Waals surface area contributed by atoms with E-state index >= 15 is 0 Å². The zero-order chi connectivity index (χ0) is 23.4. The highest BCUT2D eigenvalue weighted by atomic mass is 16.7. The van der Waals surface area contributed by atoms with E-state index in [0.717, 1.165) is 45.1 Å². The number of carbonyl (C=O) groups is 2. The molecule has 2 fully saturated rings. The van der Waals surface area contributed by atoms with Crippen molar-refractivity contribution < 1.29 is 24.2 Å². The lowest BCUT2D eigenvalue weighted by Crippen LogP contribution is -2.35. The van der Waals surface area contributed by atoms with Crippen LogP contribution in [0.25, 0.3) is 0 Å². The first-order valence-electron chi connectivity index (χ1n) is 12.1. The summed E-state index contributed by atoms with van der Waals surface area (Å²) in [5.74, 6) is 6.10. The molecule has 0 aromatic heterocycles. The molecule has 0 bridgehead atoms. The van der Waals surface area contributed by atoms with Gasteiger partial charge in [0, 0.05) is 31.8 Å². The highest BCUT2D eigenvalue weighted by Crippen LogP contribution is 2.38. The highest BCUT2D eigenvalue weighted by molar-refractivity contribution is 5.84. The molecule has 5 heteroatoms. The molecule has 0 amide bonds. The van der Waals surface area contributed by atoms with Gasteiger partial charge in [-0.2, -0.15) is 0 Å². The molecular formula is C27H40O5. The average Bonchev–Trinajstić information content (AvgIpc) is 3.02. The lowest BCUT2D eigenvalue weighted by molar-refractivity contribution is -0.207. The minimum Gasteiger partial charge on any atom is -0.481 e. The Kier molecular flexibility index (Phi) is 11.2. The maximum atomic E-state index is 12.6. The minimum absolute atomic E-state index is 0.0254. The van der Waals surface area contributed by atoms with Crippen molar-refractivity contribution >= 4 is 11.8 Å². The number of unbranched alkanes of at least 4 members (excludes halogenated alkanes) is 1. The first kappa shape index (κ1) is 26.4. The monoisotopic (exact) mass is 444 g/mol. The number of Topliss-reactive ketones (excluding diaryl/α,β-unsaturated/α-hetero) is 1. The normalized spacial score (nSPS) is 28.0. The molecule has 0 aromatic rings. The number of aliphatic carboxylic acids is 1. The molecule has 1 aliphatic carbocycles. The summed E-state index contributed by atoms with van der Waals surface area (Å²) in [6.45, 7) is 6.84. The Hall–Kier alpha value is -1.90. The predicted octanol–water partition coefficient (Wildman–Crippen LogP) is 5.69. The average molecular weight is 445 g/mol. The van der Waals surface area contributed by atoms with Crippen molar-refractivity contribution in [3.63, 3.8) is 0 Å². The van der Waals surface area contributed by atoms with Crippen LogP contribution in [0.5, 0.6) is 0 Å². The number of carboxylic acids is 1. The van der Waals surface area contributed by atoms with E-state index in [2.05, 4.69) is 37.8 Å².